The Labute approximate surface area is 95.4 Å². The highest BCUT2D eigenvalue weighted by Gasteiger charge is 2.57. The Balaban J connectivity index is 2.40. The molecular weight excluding hydrogens is 239 g/mol. The van der Waals surface area contributed by atoms with Crippen LogP contribution in [0, 0.1) is 0 Å². The van der Waals surface area contributed by atoms with Crippen molar-refractivity contribution in [2.45, 2.75) is 37.8 Å². The molecular formula is C12H11F5. The van der Waals surface area contributed by atoms with E-state index in [0.29, 0.717) is 12.0 Å². The topological polar surface area (TPSA) is 0 Å². The number of hydrogen-bond donors (Lipinski definition) is 0. The van der Waals surface area contributed by atoms with Crippen molar-refractivity contribution >= 4 is 0 Å². The van der Waals surface area contributed by atoms with E-state index in [-0.39, 0.29) is 12.0 Å². The first-order valence-corrected chi connectivity index (χ1v) is 5.33. The molecule has 0 saturated heterocycles. The van der Waals surface area contributed by atoms with Crippen molar-refractivity contribution in [3.05, 3.63) is 34.9 Å². The van der Waals surface area contributed by atoms with Crippen LogP contribution in [-0.4, -0.2) is 5.92 Å². The average Bonchev–Trinajstić information content (AvgIpc) is 2.86. The fourth-order valence-electron chi connectivity index (χ4n) is 1.86. The molecule has 0 N–H and O–H groups in total. The number of rotatable bonds is 2. The van der Waals surface area contributed by atoms with Crippen LogP contribution in [0.2, 0.25) is 0 Å². The van der Waals surface area contributed by atoms with E-state index in [9.17, 15) is 22.0 Å². The number of halogens is 5. The number of aryl methyl sites for hydroxylation is 1. The summed E-state index contributed by atoms with van der Waals surface area (Å²) in [7, 11) is 0. The quantitative estimate of drug-likeness (QED) is 0.683. The van der Waals surface area contributed by atoms with E-state index in [4.69, 9.17) is 0 Å². The smallest absolute Gasteiger partial charge is 0.206 e. The maximum Gasteiger partial charge on any atom is 0.416 e. The van der Waals surface area contributed by atoms with Crippen LogP contribution in [0.3, 0.4) is 0 Å². The van der Waals surface area contributed by atoms with Gasteiger partial charge >= 0.3 is 6.18 Å². The van der Waals surface area contributed by atoms with Crippen LogP contribution in [0.1, 0.15) is 36.0 Å². The predicted octanol–water partition coefficient (Wildman–Crippen LogP) is 4.39. The minimum absolute atomic E-state index is 0.0988. The fraction of sp³-hybridized carbons (Fsp3) is 0.500. The summed E-state index contributed by atoms with van der Waals surface area (Å²) in [6, 6.07) is 3.30. The van der Waals surface area contributed by atoms with Gasteiger partial charge in [-0.3, -0.25) is 0 Å². The largest absolute Gasteiger partial charge is 0.416 e. The fourth-order valence-corrected chi connectivity index (χ4v) is 1.86. The van der Waals surface area contributed by atoms with E-state index in [1.807, 2.05) is 0 Å². The Bertz CT molecular complexity index is 433. The van der Waals surface area contributed by atoms with Gasteiger partial charge < -0.3 is 0 Å². The molecule has 1 fully saturated rings. The van der Waals surface area contributed by atoms with Gasteiger partial charge in [0.1, 0.15) is 0 Å². The molecule has 0 radical (unpaired) electrons. The van der Waals surface area contributed by atoms with Crippen LogP contribution in [0.25, 0.3) is 0 Å². The Hall–Kier alpha value is -1.13. The summed E-state index contributed by atoms with van der Waals surface area (Å²) in [5.74, 6) is -3.88. The van der Waals surface area contributed by atoms with Crippen LogP contribution in [-0.2, 0) is 12.6 Å². The molecule has 0 spiro atoms. The Morgan fingerprint density at radius 3 is 2.24 bits per heavy atom. The number of hydrogen-bond acceptors (Lipinski definition) is 0. The Morgan fingerprint density at radius 2 is 1.82 bits per heavy atom. The van der Waals surface area contributed by atoms with Gasteiger partial charge in [-0.25, -0.2) is 8.78 Å². The number of alkyl halides is 5. The van der Waals surface area contributed by atoms with Gasteiger partial charge in [0, 0.05) is 6.42 Å². The third kappa shape index (κ3) is 2.42. The van der Waals surface area contributed by atoms with Crippen LogP contribution < -0.4 is 0 Å². The standard InChI is InChI=1S/C12H11F5/c1-2-7-3-8(10-6-11(10,13)14)5-9(4-7)12(15,16)17/h3-5,10H,2,6H2,1H3. The predicted molar refractivity (Wildman–Crippen MR) is 53.1 cm³/mol. The van der Waals surface area contributed by atoms with E-state index in [1.165, 1.54) is 6.07 Å². The maximum absolute atomic E-state index is 12.9. The first-order chi connectivity index (χ1) is 7.74. The van der Waals surface area contributed by atoms with Crippen molar-refractivity contribution in [1.29, 1.82) is 0 Å². The highest BCUT2D eigenvalue weighted by molar-refractivity contribution is 5.38. The van der Waals surface area contributed by atoms with Gasteiger partial charge in [-0.2, -0.15) is 13.2 Å². The normalized spacial score (nSPS) is 22.6. The number of benzene rings is 1. The Kier molecular flexibility index (Phi) is 2.67. The molecule has 1 unspecified atom stereocenters. The second-order valence-electron chi connectivity index (χ2n) is 4.33. The molecule has 1 aliphatic carbocycles. The zero-order valence-corrected chi connectivity index (χ0v) is 9.11. The summed E-state index contributed by atoms with van der Waals surface area (Å²) < 4.78 is 63.4. The van der Waals surface area contributed by atoms with E-state index in [2.05, 4.69) is 0 Å². The third-order valence-electron chi connectivity index (χ3n) is 2.98. The van der Waals surface area contributed by atoms with Crippen molar-refractivity contribution < 1.29 is 22.0 Å². The van der Waals surface area contributed by atoms with Gasteiger partial charge in [-0.05, 0) is 29.7 Å². The van der Waals surface area contributed by atoms with Crippen molar-refractivity contribution in [3.63, 3.8) is 0 Å². The summed E-state index contributed by atoms with van der Waals surface area (Å²) in [5, 5.41) is 0. The lowest BCUT2D eigenvalue weighted by molar-refractivity contribution is -0.137. The monoisotopic (exact) mass is 250 g/mol. The van der Waals surface area contributed by atoms with E-state index in [1.54, 1.807) is 6.92 Å². The third-order valence-corrected chi connectivity index (χ3v) is 2.98. The minimum Gasteiger partial charge on any atom is -0.206 e. The van der Waals surface area contributed by atoms with Gasteiger partial charge in [0.2, 0.25) is 0 Å². The zero-order valence-electron chi connectivity index (χ0n) is 9.11. The van der Waals surface area contributed by atoms with Gasteiger partial charge in [0.05, 0.1) is 11.5 Å². The van der Waals surface area contributed by atoms with Gasteiger partial charge in [0.15, 0.2) is 0 Å². The lowest BCUT2D eigenvalue weighted by atomic mass is 10.0. The highest BCUT2D eigenvalue weighted by atomic mass is 19.4. The van der Waals surface area contributed by atoms with E-state index < -0.39 is 23.6 Å². The maximum atomic E-state index is 12.9. The van der Waals surface area contributed by atoms with Gasteiger partial charge in [-0.15, -0.1) is 0 Å². The second-order valence-corrected chi connectivity index (χ2v) is 4.33. The molecule has 0 nitrogen and oxygen atoms in total. The van der Waals surface area contributed by atoms with Gasteiger partial charge in [-0.1, -0.05) is 13.0 Å². The van der Waals surface area contributed by atoms with Crippen molar-refractivity contribution in [3.8, 4) is 0 Å². The minimum atomic E-state index is -4.48. The molecule has 0 aromatic heterocycles. The molecule has 1 saturated carbocycles. The first-order valence-electron chi connectivity index (χ1n) is 5.33. The van der Waals surface area contributed by atoms with E-state index >= 15 is 0 Å². The lowest BCUT2D eigenvalue weighted by Gasteiger charge is -2.11. The van der Waals surface area contributed by atoms with Crippen LogP contribution in [0.4, 0.5) is 22.0 Å². The van der Waals surface area contributed by atoms with Crippen molar-refractivity contribution in [2.75, 3.05) is 0 Å². The van der Waals surface area contributed by atoms with Crippen LogP contribution in [0.15, 0.2) is 18.2 Å². The lowest BCUT2D eigenvalue weighted by Crippen LogP contribution is -2.07. The molecule has 0 bridgehead atoms. The van der Waals surface area contributed by atoms with Crippen LogP contribution >= 0.6 is 0 Å². The summed E-state index contributed by atoms with van der Waals surface area (Å²) in [6.07, 6.45) is -4.43. The molecule has 0 aliphatic heterocycles. The molecule has 1 atom stereocenters. The molecule has 0 amide bonds. The molecule has 1 aromatic rings. The zero-order chi connectivity index (χ0) is 12.8. The SMILES string of the molecule is CCc1cc(C2CC2(F)F)cc(C(F)(F)F)c1. The first kappa shape index (κ1) is 12.3. The molecule has 1 aliphatic rings. The molecule has 2 rings (SSSR count). The van der Waals surface area contributed by atoms with E-state index in [0.717, 1.165) is 12.1 Å². The van der Waals surface area contributed by atoms with Crippen molar-refractivity contribution in [2.24, 2.45) is 0 Å². The summed E-state index contributed by atoms with van der Waals surface area (Å²) in [4.78, 5) is 0. The summed E-state index contributed by atoms with van der Waals surface area (Å²) in [5.41, 5.74) is -0.297. The molecule has 94 valence electrons. The Morgan fingerprint density at radius 1 is 1.24 bits per heavy atom. The molecule has 17 heavy (non-hydrogen) atoms. The highest BCUT2D eigenvalue weighted by Crippen LogP contribution is 2.56. The van der Waals surface area contributed by atoms with Crippen molar-refractivity contribution in [1.82, 2.24) is 0 Å². The molecule has 0 heterocycles. The van der Waals surface area contributed by atoms with Crippen LogP contribution in [0.5, 0.6) is 0 Å². The van der Waals surface area contributed by atoms with Gasteiger partial charge in [0.25, 0.3) is 5.92 Å². The second kappa shape index (κ2) is 3.68. The molecule has 5 heteroatoms. The summed E-state index contributed by atoms with van der Waals surface area (Å²) >= 11 is 0. The average molecular weight is 250 g/mol. The summed E-state index contributed by atoms with van der Waals surface area (Å²) in [6.45, 7) is 1.70. The molecule has 1 aromatic carbocycles.